The van der Waals surface area contributed by atoms with Gasteiger partial charge in [0.1, 0.15) is 0 Å². The van der Waals surface area contributed by atoms with E-state index in [0.717, 1.165) is 25.7 Å². The molecule has 3 aliphatic rings. The van der Waals surface area contributed by atoms with Crippen LogP contribution >= 0.6 is 0 Å². The summed E-state index contributed by atoms with van der Waals surface area (Å²) in [6.07, 6.45) is 4.14. The van der Waals surface area contributed by atoms with Crippen LogP contribution in [0.3, 0.4) is 0 Å². The normalized spacial score (nSPS) is 28.1. The lowest BCUT2D eigenvalue weighted by Crippen LogP contribution is -2.53. The van der Waals surface area contributed by atoms with Crippen LogP contribution in [0.25, 0.3) is 0 Å². The van der Waals surface area contributed by atoms with E-state index in [4.69, 9.17) is 0 Å². The highest BCUT2D eigenvalue weighted by Crippen LogP contribution is 2.27. The quantitative estimate of drug-likeness (QED) is 0.716. The molecule has 146 valence electrons. The van der Waals surface area contributed by atoms with Crippen molar-refractivity contribution in [3.63, 3.8) is 0 Å². The number of aryl methyl sites for hydroxylation is 1. The van der Waals surface area contributed by atoms with Gasteiger partial charge in [-0.3, -0.25) is 9.59 Å². The van der Waals surface area contributed by atoms with Gasteiger partial charge < -0.3 is 9.80 Å². The average Bonchev–Trinajstić information content (AvgIpc) is 3.20. The summed E-state index contributed by atoms with van der Waals surface area (Å²) in [4.78, 5) is 29.2. The molecule has 27 heavy (non-hydrogen) atoms. The van der Waals surface area contributed by atoms with E-state index in [1.54, 1.807) is 0 Å². The number of nitrogens with zero attached hydrogens (tertiary/aromatic N) is 2. The van der Waals surface area contributed by atoms with E-state index in [0.29, 0.717) is 44.7 Å². The van der Waals surface area contributed by atoms with Crippen LogP contribution < -0.4 is 16.4 Å². The van der Waals surface area contributed by atoms with Crippen LogP contribution in [0.5, 0.6) is 0 Å². The van der Waals surface area contributed by atoms with Gasteiger partial charge in [0.15, 0.2) is 0 Å². The molecule has 4 rings (SSSR count). The number of amides is 2. The third-order valence-corrected chi connectivity index (χ3v) is 6.13. The zero-order chi connectivity index (χ0) is 18.6. The van der Waals surface area contributed by atoms with Gasteiger partial charge >= 0.3 is 0 Å². The topological polar surface area (TPSA) is 76.7 Å². The Morgan fingerprint density at radius 2 is 1.63 bits per heavy atom. The molecule has 2 aliphatic heterocycles. The standard InChI is InChI=1S/C20H29N5O2/c26-19(9-6-15-4-2-1-3-5-15)24-10-12-25(13-11-24)20(27)16-7-8-17-18(14-16)22-23-21-17/h1-5,16-18,21-23H,6-14H2. The van der Waals surface area contributed by atoms with Gasteiger partial charge in [-0.05, 0) is 31.2 Å². The summed E-state index contributed by atoms with van der Waals surface area (Å²) < 4.78 is 0. The van der Waals surface area contributed by atoms with Crippen molar-refractivity contribution in [1.82, 2.24) is 26.2 Å². The third kappa shape index (κ3) is 4.31. The van der Waals surface area contributed by atoms with Crippen LogP contribution in [0, 0.1) is 5.92 Å². The van der Waals surface area contributed by atoms with Gasteiger partial charge in [0.25, 0.3) is 0 Å². The van der Waals surface area contributed by atoms with Gasteiger partial charge in [-0.2, -0.15) is 5.53 Å². The van der Waals surface area contributed by atoms with Gasteiger partial charge in [-0.1, -0.05) is 30.3 Å². The summed E-state index contributed by atoms with van der Waals surface area (Å²) in [6.45, 7) is 2.62. The van der Waals surface area contributed by atoms with Gasteiger partial charge in [0, 0.05) is 50.6 Å². The fourth-order valence-corrected chi connectivity index (χ4v) is 4.44. The van der Waals surface area contributed by atoms with Crippen LogP contribution in [0.2, 0.25) is 0 Å². The summed E-state index contributed by atoms with van der Waals surface area (Å²) >= 11 is 0. The lowest BCUT2D eigenvalue weighted by Gasteiger charge is -2.38. The fourth-order valence-electron chi connectivity index (χ4n) is 4.44. The number of rotatable bonds is 4. The molecule has 1 saturated carbocycles. The Morgan fingerprint density at radius 1 is 0.926 bits per heavy atom. The van der Waals surface area contributed by atoms with E-state index >= 15 is 0 Å². The molecule has 3 atom stereocenters. The Morgan fingerprint density at radius 3 is 2.41 bits per heavy atom. The number of nitrogens with one attached hydrogen (secondary N) is 3. The molecule has 3 fully saturated rings. The van der Waals surface area contributed by atoms with E-state index in [1.165, 1.54) is 5.56 Å². The highest BCUT2D eigenvalue weighted by molar-refractivity contribution is 5.80. The lowest BCUT2D eigenvalue weighted by atomic mass is 9.82. The fraction of sp³-hybridized carbons (Fsp3) is 0.600. The first-order chi connectivity index (χ1) is 13.2. The summed E-state index contributed by atoms with van der Waals surface area (Å²) in [5, 5.41) is 0. The molecule has 0 spiro atoms. The molecule has 1 aromatic carbocycles. The molecule has 0 aromatic heterocycles. The predicted molar refractivity (Wildman–Crippen MR) is 102 cm³/mol. The molecule has 7 heteroatoms. The van der Waals surface area contributed by atoms with E-state index < -0.39 is 0 Å². The van der Waals surface area contributed by atoms with Gasteiger partial charge in [0.2, 0.25) is 11.8 Å². The molecule has 3 N–H and O–H groups in total. The molecule has 2 heterocycles. The minimum atomic E-state index is 0.0979. The van der Waals surface area contributed by atoms with Crippen molar-refractivity contribution in [2.75, 3.05) is 26.2 Å². The Balaban J connectivity index is 1.22. The average molecular weight is 371 g/mol. The maximum absolute atomic E-state index is 12.9. The highest BCUT2D eigenvalue weighted by atomic mass is 16.2. The minimum absolute atomic E-state index is 0.0979. The van der Waals surface area contributed by atoms with Crippen molar-refractivity contribution in [2.45, 2.75) is 44.2 Å². The minimum Gasteiger partial charge on any atom is -0.339 e. The Kier molecular flexibility index (Phi) is 5.71. The molecule has 1 aliphatic carbocycles. The maximum Gasteiger partial charge on any atom is 0.225 e. The second-order valence-electron chi connectivity index (χ2n) is 7.83. The molecule has 0 radical (unpaired) electrons. The van der Waals surface area contributed by atoms with Crippen LogP contribution in [-0.4, -0.2) is 59.9 Å². The molecular formula is C20H29N5O2. The smallest absolute Gasteiger partial charge is 0.225 e. The van der Waals surface area contributed by atoms with Crippen LogP contribution in [-0.2, 0) is 16.0 Å². The zero-order valence-electron chi connectivity index (χ0n) is 15.7. The molecule has 3 unspecified atom stereocenters. The predicted octanol–water partition coefficient (Wildman–Crippen LogP) is 0.440. The number of hydrogen-bond acceptors (Lipinski definition) is 5. The molecule has 1 aromatic rings. The van der Waals surface area contributed by atoms with Crippen molar-refractivity contribution in [3.8, 4) is 0 Å². The van der Waals surface area contributed by atoms with Gasteiger partial charge in [0.05, 0.1) is 0 Å². The molecular weight excluding hydrogens is 342 g/mol. The summed E-state index contributed by atoms with van der Waals surface area (Å²) in [5.74, 6) is 0.554. The number of carbonyl (C=O) groups is 2. The second-order valence-corrected chi connectivity index (χ2v) is 7.83. The van der Waals surface area contributed by atoms with Crippen LogP contribution in [0.4, 0.5) is 0 Å². The maximum atomic E-state index is 12.9. The molecule has 2 amide bonds. The van der Waals surface area contributed by atoms with Crippen LogP contribution in [0.1, 0.15) is 31.2 Å². The molecule has 7 nitrogen and oxygen atoms in total. The Labute approximate surface area is 160 Å². The SMILES string of the molecule is O=C(CCc1ccccc1)N1CCN(C(=O)C2CCC3NNNC3C2)CC1. The number of hydrazine groups is 2. The zero-order valence-corrected chi connectivity index (χ0v) is 15.7. The first-order valence-corrected chi connectivity index (χ1v) is 10.1. The number of benzene rings is 1. The van der Waals surface area contributed by atoms with Gasteiger partial charge in [-0.25, -0.2) is 10.9 Å². The molecule has 2 saturated heterocycles. The largest absolute Gasteiger partial charge is 0.339 e. The van der Waals surface area contributed by atoms with E-state index in [9.17, 15) is 9.59 Å². The first kappa shape index (κ1) is 18.4. The number of carbonyl (C=O) groups excluding carboxylic acids is 2. The third-order valence-electron chi connectivity index (χ3n) is 6.13. The number of hydrogen-bond donors (Lipinski definition) is 3. The van der Waals surface area contributed by atoms with Crippen molar-refractivity contribution < 1.29 is 9.59 Å². The first-order valence-electron chi connectivity index (χ1n) is 10.1. The Hall–Kier alpha value is -1.96. The lowest BCUT2D eigenvalue weighted by molar-refractivity contribution is -0.143. The molecule has 0 bridgehead atoms. The van der Waals surface area contributed by atoms with Crippen molar-refractivity contribution in [3.05, 3.63) is 35.9 Å². The Bertz CT molecular complexity index is 660. The van der Waals surface area contributed by atoms with Crippen LogP contribution in [0.15, 0.2) is 30.3 Å². The van der Waals surface area contributed by atoms with Gasteiger partial charge in [-0.15, -0.1) is 0 Å². The van der Waals surface area contributed by atoms with E-state index in [2.05, 4.69) is 28.5 Å². The summed E-state index contributed by atoms with van der Waals surface area (Å²) in [5.41, 5.74) is 10.6. The summed E-state index contributed by atoms with van der Waals surface area (Å²) in [7, 11) is 0. The number of fused-ring (bicyclic) bond motifs is 1. The highest BCUT2D eigenvalue weighted by Gasteiger charge is 2.38. The van der Waals surface area contributed by atoms with Crippen molar-refractivity contribution >= 4 is 11.8 Å². The van der Waals surface area contributed by atoms with Crippen molar-refractivity contribution in [2.24, 2.45) is 5.92 Å². The number of piperazine rings is 1. The van der Waals surface area contributed by atoms with Crippen molar-refractivity contribution in [1.29, 1.82) is 0 Å². The van der Waals surface area contributed by atoms with E-state index in [1.807, 2.05) is 28.0 Å². The van der Waals surface area contributed by atoms with E-state index in [-0.39, 0.29) is 17.7 Å². The second kappa shape index (κ2) is 8.37. The summed E-state index contributed by atoms with van der Waals surface area (Å²) in [6, 6.07) is 10.9. The monoisotopic (exact) mass is 371 g/mol.